The number of halogens is 1. The van der Waals surface area contributed by atoms with Crippen molar-refractivity contribution in [3.8, 4) is 0 Å². The molecule has 1 aliphatic rings. The summed E-state index contributed by atoms with van der Waals surface area (Å²) in [5.74, 6) is 0.624. The van der Waals surface area contributed by atoms with Crippen LogP contribution in [0.3, 0.4) is 0 Å². The van der Waals surface area contributed by atoms with Gasteiger partial charge in [-0.1, -0.05) is 0 Å². The predicted octanol–water partition coefficient (Wildman–Crippen LogP) is 2.15. The molecule has 1 rings (SSSR count). The Balaban J connectivity index is 2.52. The minimum absolute atomic E-state index is 0.0627. The van der Waals surface area contributed by atoms with Crippen molar-refractivity contribution in [1.29, 1.82) is 0 Å². The maximum atomic E-state index is 11.9. The molecule has 14 heavy (non-hydrogen) atoms. The maximum Gasteiger partial charge on any atom is 0.320 e. The van der Waals surface area contributed by atoms with Gasteiger partial charge in [0.15, 0.2) is 0 Å². The zero-order chi connectivity index (χ0) is 10.8. The smallest absolute Gasteiger partial charge is 0.320 e. The van der Waals surface area contributed by atoms with Crippen molar-refractivity contribution in [2.75, 3.05) is 25.5 Å². The van der Waals surface area contributed by atoms with Gasteiger partial charge in [-0.25, -0.2) is 4.79 Å². The van der Waals surface area contributed by atoms with Gasteiger partial charge in [-0.15, -0.1) is 11.6 Å². The molecule has 0 atom stereocenters. The van der Waals surface area contributed by atoms with E-state index in [9.17, 15) is 4.79 Å². The van der Waals surface area contributed by atoms with Gasteiger partial charge in [0.2, 0.25) is 0 Å². The van der Waals surface area contributed by atoms with Crippen LogP contribution in [0.2, 0.25) is 0 Å². The first-order chi connectivity index (χ1) is 6.46. The third kappa shape index (κ3) is 2.53. The minimum Gasteiger partial charge on any atom is -0.323 e. The Morgan fingerprint density at radius 2 is 2.00 bits per heavy atom. The van der Waals surface area contributed by atoms with E-state index in [4.69, 9.17) is 11.6 Å². The molecule has 0 saturated carbocycles. The minimum atomic E-state index is -0.0627. The number of hydrogen-bond donors (Lipinski definition) is 0. The van der Waals surface area contributed by atoms with Crippen molar-refractivity contribution in [3.05, 3.63) is 0 Å². The summed E-state index contributed by atoms with van der Waals surface area (Å²) >= 11 is 5.60. The van der Waals surface area contributed by atoms with Crippen LogP contribution in [0.15, 0.2) is 0 Å². The molecule has 0 aromatic carbocycles. The van der Waals surface area contributed by atoms with Crippen LogP contribution < -0.4 is 0 Å². The zero-order valence-electron chi connectivity index (χ0n) is 9.22. The van der Waals surface area contributed by atoms with Gasteiger partial charge in [0, 0.05) is 31.1 Å². The number of carbonyl (C=O) groups excluding carboxylic acids is 1. The van der Waals surface area contributed by atoms with Crippen molar-refractivity contribution < 1.29 is 4.79 Å². The summed E-state index contributed by atoms with van der Waals surface area (Å²) in [6, 6.07) is 0.155. The monoisotopic (exact) mass is 218 g/mol. The van der Waals surface area contributed by atoms with E-state index in [0.717, 1.165) is 26.1 Å². The largest absolute Gasteiger partial charge is 0.323 e. The third-order valence-electron chi connectivity index (χ3n) is 2.47. The Hall–Kier alpha value is -0.440. The van der Waals surface area contributed by atoms with E-state index < -0.39 is 0 Å². The lowest BCUT2D eigenvalue weighted by atomic mass is 10.1. The molecule has 4 heteroatoms. The van der Waals surface area contributed by atoms with E-state index in [1.807, 2.05) is 9.80 Å². The molecule has 82 valence electrons. The van der Waals surface area contributed by atoms with Crippen LogP contribution in [0, 0.1) is 0 Å². The normalized spacial score (nSPS) is 18.1. The van der Waals surface area contributed by atoms with Crippen molar-refractivity contribution in [3.63, 3.8) is 0 Å². The van der Waals surface area contributed by atoms with Gasteiger partial charge in [0.1, 0.15) is 0 Å². The standard InChI is InChI=1S/C10H19ClN2O/c1-10(2,3)13-8-7-12(9(13)14)6-4-5-11/h4-8H2,1-3H3. The van der Waals surface area contributed by atoms with Crippen molar-refractivity contribution in [1.82, 2.24) is 9.80 Å². The molecule has 1 fully saturated rings. The molecule has 2 amide bonds. The van der Waals surface area contributed by atoms with Crippen molar-refractivity contribution in [2.24, 2.45) is 0 Å². The second-order valence-electron chi connectivity index (χ2n) is 4.63. The highest BCUT2D eigenvalue weighted by molar-refractivity contribution is 6.17. The average Bonchev–Trinajstić information content (AvgIpc) is 2.42. The lowest BCUT2D eigenvalue weighted by Gasteiger charge is -2.31. The fourth-order valence-electron chi connectivity index (χ4n) is 1.66. The first-order valence-electron chi connectivity index (χ1n) is 5.09. The molecular formula is C10H19ClN2O. The fourth-order valence-corrected chi connectivity index (χ4v) is 1.78. The Labute approximate surface area is 91.0 Å². The van der Waals surface area contributed by atoms with Gasteiger partial charge < -0.3 is 9.80 Å². The second-order valence-corrected chi connectivity index (χ2v) is 5.01. The highest BCUT2D eigenvalue weighted by atomic mass is 35.5. The zero-order valence-corrected chi connectivity index (χ0v) is 9.97. The molecule has 1 saturated heterocycles. The molecule has 0 bridgehead atoms. The molecule has 0 radical (unpaired) electrons. The highest BCUT2D eigenvalue weighted by Gasteiger charge is 2.34. The number of alkyl halides is 1. The maximum absolute atomic E-state index is 11.9. The molecule has 1 heterocycles. The molecular weight excluding hydrogens is 200 g/mol. The van der Waals surface area contributed by atoms with E-state index in [2.05, 4.69) is 20.8 Å². The first-order valence-corrected chi connectivity index (χ1v) is 5.63. The summed E-state index contributed by atoms with van der Waals surface area (Å²) in [5.41, 5.74) is -0.0627. The summed E-state index contributed by atoms with van der Waals surface area (Å²) < 4.78 is 0. The second kappa shape index (κ2) is 4.39. The number of rotatable bonds is 3. The molecule has 0 aliphatic carbocycles. The summed E-state index contributed by atoms with van der Waals surface area (Å²) in [6.07, 6.45) is 0.880. The molecule has 0 aromatic heterocycles. The van der Waals surface area contributed by atoms with Gasteiger partial charge in [-0.05, 0) is 27.2 Å². The predicted molar refractivity (Wildman–Crippen MR) is 58.8 cm³/mol. The quantitative estimate of drug-likeness (QED) is 0.666. The molecule has 1 aliphatic heterocycles. The van der Waals surface area contributed by atoms with E-state index in [1.165, 1.54) is 0 Å². The molecule has 0 spiro atoms. The average molecular weight is 219 g/mol. The topological polar surface area (TPSA) is 23.6 Å². The lowest BCUT2D eigenvalue weighted by molar-refractivity contribution is 0.155. The van der Waals surface area contributed by atoms with Crippen molar-refractivity contribution in [2.45, 2.75) is 32.7 Å². The number of nitrogens with zero attached hydrogens (tertiary/aromatic N) is 2. The van der Waals surface area contributed by atoms with Crippen LogP contribution in [0.5, 0.6) is 0 Å². The number of carbonyl (C=O) groups is 1. The third-order valence-corrected chi connectivity index (χ3v) is 2.73. The van der Waals surface area contributed by atoms with Crippen LogP contribution in [0.4, 0.5) is 4.79 Å². The molecule has 0 aromatic rings. The summed E-state index contributed by atoms with van der Waals surface area (Å²) in [6.45, 7) is 8.66. The molecule has 3 nitrogen and oxygen atoms in total. The van der Waals surface area contributed by atoms with Gasteiger partial charge >= 0.3 is 6.03 Å². The number of hydrogen-bond acceptors (Lipinski definition) is 1. The van der Waals surface area contributed by atoms with Gasteiger partial charge in [0.25, 0.3) is 0 Å². The fraction of sp³-hybridized carbons (Fsp3) is 0.900. The Morgan fingerprint density at radius 1 is 1.36 bits per heavy atom. The lowest BCUT2D eigenvalue weighted by Crippen LogP contribution is -2.44. The summed E-state index contributed by atoms with van der Waals surface area (Å²) in [7, 11) is 0. The van der Waals surface area contributed by atoms with Crippen LogP contribution in [0.1, 0.15) is 27.2 Å². The van der Waals surface area contributed by atoms with Crippen LogP contribution in [-0.2, 0) is 0 Å². The Kier molecular flexibility index (Phi) is 3.65. The van der Waals surface area contributed by atoms with Gasteiger partial charge in [-0.2, -0.15) is 0 Å². The van der Waals surface area contributed by atoms with Crippen LogP contribution in [0.25, 0.3) is 0 Å². The number of amides is 2. The highest BCUT2D eigenvalue weighted by Crippen LogP contribution is 2.20. The van der Waals surface area contributed by atoms with Crippen LogP contribution >= 0.6 is 11.6 Å². The summed E-state index contributed by atoms with van der Waals surface area (Å²) in [5, 5.41) is 0. The van der Waals surface area contributed by atoms with E-state index in [0.29, 0.717) is 5.88 Å². The van der Waals surface area contributed by atoms with E-state index >= 15 is 0 Å². The van der Waals surface area contributed by atoms with Crippen LogP contribution in [-0.4, -0.2) is 46.9 Å². The first kappa shape index (κ1) is 11.6. The summed E-state index contributed by atoms with van der Waals surface area (Å²) in [4.78, 5) is 15.7. The van der Waals surface area contributed by atoms with Gasteiger partial charge in [0.05, 0.1) is 0 Å². The Morgan fingerprint density at radius 3 is 2.43 bits per heavy atom. The SMILES string of the molecule is CC(C)(C)N1CCN(CCCCl)C1=O. The molecule has 0 N–H and O–H groups in total. The Bertz CT molecular complexity index is 213. The van der Waals surface area contributed by atoms with Gasteiger partial charge in [-0.3, -0.25) is 0 Å². The van der Waals surface area contributed by atoms with Crippen molar-refractivity contribution >= 4 is 17.6 Å². The van der Waals surface area contributed by atoms with E-state index in [-0.39, 0.29) is 11.6 Å². The van der Waals surface area contributed by atoms with E-state index in [1.54, 1.807) is 0 Å². The number of urea groups is 1. The molecule has 0 unspecified atom stereocenters.